The summed E-state index contributed by atoms with van der Waals surface area (Å²) in [7, 11) is 0. The minimum absolute atomic E-state index is 0.0782. The molecule has 1 aromatic carbocycles. The zero-order valence-electron chi connectivity index (χ0n) is 8.82. The molecule has 0 unspecified atom stereocenters. The van der Waals surface area contributed by atoms with Gasteiger partial charge in [0.05, 0.1) is 31.8 Å². The van der Waals surface area contributed by atoms with Crippen molar-refractivity contribution in [3.8, 4) is 0 Å². The number of rotatable bonds is 5. The zero-order chi connectivity index (χ0) is 10.6. The van der Waals surface area contributed by atoms with Gasteiger partial charge < -0.3 is 15.2 Å². The van der Waals surface area contributed by atoms with Gasteiger partial charge in [0.25, 0.3) is 0 Å². The Kier molecular flexibility index (Phi) is 3.36. The lowest BCUT2D eigenvalue weighted by Crippen LogP contribution is -2.51. The average molecular weight is 207 g/mol. The van der Waals surface area contributed by atoms with Gasteiger partial charge >= 0.3 is 0 Å². The highest BCUT2D eigenvalue weighted by Crippen LogP contribution is 2.26. The average Bonchev–Trinajstić information content (AvgIpc) is 2.24. The summed E-state index contributed by atoms with van der Waals surface area (Å²) in [6, 6.07) is 10.2. The van der Waals surface area contributed by atoms with Crippen molar-refractivity contribution in [1.29, 1.82) is 0 Å². The van der Waals surface area contributed by atoms with E-state index in [0.29, 0.717) is 19.8 Å². The number of ether oxygens (including phenoxy) is 2. The molecule has 1 aromatic rings. The van der Waals surface area contributed by atoms with Crippen LogP contribution in [0.5, 0.6) is 0 Å². The SMILES string of the molecule is NCC1(COCc2ccccc2)COC1. The number of hydrogen-bond acceptors (Lipinski definition) is 3. The topological polar surface area (TPSA) is 44.5 Å². The van der Waals surface area contributed by atoms with Gasteiger partial charge in [-0.2, -0.15) is 0 Å². The molecule has 3 nitrogen and oxygen atoms in total. The molecule has 3 heteroatoms. The molecule has 0 aliphatic carbocycles. The van der Waals surface area contributed by atoms with Crippen molar-refractivity contribution >= 4 is 0 Å². The Morgan fingerprint density at radius 3 is 2.53 bits per heavy atom. The van der Waals surface area contributed by atoms with E-state index < -0.39 is 0 Å². The lowest BCUT2D eigenvalue weighted by Gasteiger charge is -2.40. The van der Waals surface area contributed by atoms with Crippen molar-refractivity contribution in [2.24, 2.45) is 11.1 Å². The third kappa shape index (κ3) is 2.56. The normalized spacial score (nSPS) is 18.5. The van der Waals surface area contributed by atoms with E-state index in [1.807, 2.05) is 18.2 Å². The van der Waals surface area contributed by atoms with E-state index in [-0.39, 0.29) is 5.41 Å². The van der Waals surface area contributed by atoms with Gasteiger partial charge in [-0.3, -0.25) is 0 Å². The Morgan fingerprint density at radius 2 is 2.00 bits per heavy atom. The minimum atomic E-state index is 0.0782. The molecule has 0 atom stereocenters. The summed E-state index contributed by atoms with van der Waals surface area (Å²) in [4.78, 5) is 0. The van der Waals surface area contributed by atoms with Crippen molar-refractivity contribution in [3.63, 3.8) is 0 Å². The summed E-state index contributed by atoms with van der Waals surface area (Å²) in [6.07, 6.45) is 0. The Hall–Kier alpha value is -0.900. The smallest absolute Gasteiger partial charge is 0.0717 e. The lowest BCUT2D eigenvalue weighted by molar-refractivity contribution is -0.145. The van der Waals surface area contributed by atoms with Crippen molar-refractivity contribution < 1.29 is 9.47 Å². The van der Waals surface area contributed by atoms with Crippen LogP contribution in [-0.4, -0.2) is 26.4 Å². The van der Waals surface area contributed by atoms with Crippen LogP contribution in [0.25, 0.3) is 0 Å². The second-order valence-corrected chi connectivity index (χ2v) is 4.18. The maximum atomic E-state index is 5.69. The van der Waals surface area contributed by atoms with Crippen LogP contribution >= 0.6 is 0 Å². The molecular weight excluding hydrogens is 190 g/mol. The van der Waals surface area contributed by atoms with E-state index in [4.69, 9.17) is 15.2 Å². The van der Waals surface area contributed by atoms with Crippen molar-refractivity contribution in [3.05, 3.63) is 35.9 Å². The fourth-order valence-electron chi connectivity index (χ4n) is 1.61. The molecule has 0 bridgehead atoms. The Labute approximate surface area is 90.2 Å². The van der Waals surface area contributed by atoms with Crippen LogP contribution in [0.4, 0.5) is 0 Å². The van der Waals surface area contributed by atoms with Crippen molar-refractivity contribution in [2.45, 2.75) is 6.61 Å². The molecule has 2 N–H and O–H groups in total. The first-order chi connectivity index (χ1) is 7.35. The molecule has 0 spiro atoms. The molecule has 0 saturated carbocycles. The van der Waals surface area contributed by atoms with Gasteiger partial charge in [0.15, 0.2) is 0 Å². The third-order valence-electron chi connectivity index (χ3n) is 2.77. The number of hydrogen-bond donors (Lipinski definition) is 1. The fourth-order valence-corrected chi connectivity index (χ4v) is 1.61. The Morgan fingerprint density at radius 1 is 1.27 bits per heavy atom. The first kappa shape index (κ1) is 10.6. The quantitative estimate of drug-likeness (QED) is 0.788. The van der Waals surface area contributed by atoms with Crippen LogP contribution < -0.4 is 5.73 Å². The molecule has 15 heavy (non-hydrogen) atoms. The van der Waals surface area contributed by atoms with Gasteiger partial charge in [-0.05, 0) is 5.56 Å². The maximum Gasteiger partial charge on any atom is 0.0717 e. The predicted octanol–water partition coefficient (Wildman–Crippen LogP) is 1.18. The maximum absolute atomic E-state index is 5.69. The molecule has 0 amide bonds. The molecule has 2 rings (SSSR count). The summed E-state index contributed by atoms with van der Waals surface area (Å²) in [5, 5.41) is 0. The fraction of sp³-hybridized carbons (Fsp3) is 0.500. The highest BCUT2D eigenvalue weighted by molar-refractivity contribution is 5.13. The van der Waals surface area contributed by atoms with Crippen LogP contribution in [0.2, 0.25) is 0 Å². The van der Waals surface area contributed by atoms with Crippen LogP contribution in [0, 0.1) is 5.41 Å². The molecule has 1 saturated heterocycles. The van der Waals surface area contributed by atoms with Crippen LogP contribution in [0.3, 0.4) is 0 Å². The van der Waals surface area contributed by atoms with Crippen LogP contribution in [0.15, 0.2) is 30.3 Å². The number of nitrogens with two attached hydrogens (primary N) is 1. The van der Waals surface area contributed by atoms with Crippen LogP contribution in [0.1, 0.15) is 5.56 Å². The van der Waals surface area contributed by atoms with Gasteiger partial charge in [-0.15, -0.1) is 0 Å². The number of benzene rings is 1. The largest absolute Gasteiger partial charge is 0.380 e. The molecule has 82 valence electrons. The molecule has 0 radical (unpaired) electrons. The summed E-state index contributed by atoms with van der Waals surface area (Å²) in [6.45, 7) is 3.46. The Bertz CT molecular complexity index is 290. The summed E-state index contributed by atoms with van der Waals surface area (Å²) >= 11 is 0. The molecule has 1 heterocycles. The predicted molar refractivity (Wildman–Crippen MR) is 58.4 cm³/mol. The molecule has 0 aromatic heterocycles. The van der Waals surface area contributed by atoms with Gasteiger partial charge in [-0.1, -0.05) is 30.3 Å². The monoisotopic (exact) mass is 207 g/mol. The zero-order valence-corrected chi connectivity index (χ0v) is 8.82. The summed E-state index contributed by atoms with van der Waals surface area (Å²) in [5.41, 5.74) is 6.97. The molecule has 1 fully saturated rings. The van der Waals surface area contributed by atoms with Crippen molar-refractivity contribution in [1.82, 2.24) is 0 Å². The Balaban J connectivity index is 1.75. The van der Waals surface area contributed by atoms with Gasteiger partial charge in [0, 0.05) is 6.54 Å². The van der Waals surface area contributed by atoms with Crippen LogP contribution in [-0.2, 0) is 16.1 Å². The minimum Gasteiger partial charge on any atom is -0.380 e. The van der Waals surface area contributed by atoms with Crippen molar-refractivity contribution in [2.75, 3.05) is 26.4 Å². The molecular formula is C12H17NO2. The second kappa shape index (κ2) is 4.75. The van der Waals surface area contributed by atoms with E-state index in [2.05, 4.69) is 12.1 Å². The highest BCUT2D eigenvalue weighted by Gasteiger charge is 2.37. The second-order valence-electron chi connectivity index (χ2n) is 4.18. The van der Waals surface area contributed by atoms with Gasteiger partial charge in [-0.25, -0.2) is 0 Å². The molecule has 1 aliphatic rings. The first-order valence-electron chi connectivity index (χ1n) is 5.24. The first-order valence-corrected chi connectivity index (χ1v) is 5.24. The van der Waals surface area contributed by atoms with E-state index in [1.54, 1.807) is 0 Å². The summed E-state index contributed by atoms with van der Waals surface area (Å²) in [5.74, 6) is 0. The van der Waals surface area contributed by atoms with E-state index in [0.717, 1.165) is 13.2 Å². The van der Waals surface area contributed by atoms with E-state index in [1.165, 1.54) is 5.56 Å². The van der Waals surface area contributed by atoms with Gasteiger partial charge in [0.2, 0.25) is 0 Å². The highest BCUT2D eigenvalue weighted by atomic mass is 16.5. The summed E-state index contributed by atoms with van der Waals surface area (Å²) < 4.78 is 10.8. The molecule has 1 aliphatic heterocycles. The standard InChI is InChI=1S/C12H17NO2/c13-7-12(9-15-10-12)8-14-6-11-4-2-1-3-5-11/h1-5H,6-10,13H2. The lowest BCUT2D eigenvalue weighted by atomic mass is 9.87. The third-order valence-corrected chi connectivity index (χ3v) is 2.77. The van der Waals surface area contributed by atoms with E-state index >= 15 is 0 Å². The van der Waals surface area contributed by atoms with E-state index in [9.17, 15) is 0 Å². The van der Waals surface area contributed by atoms with Gasteiger partial charge in [0.1, 0.15) is 0 Å².